The number of nitrogens with zero attached hydrogens (tertiary/aromatic N) is 2. The standard InChI is InChI=1S/C14H25N3O5S/c1-14(2,3)22-13(19)17-11-7-6-9(12(18)16(4)5)8-10(11)15-23(17,20)21/h9-11,15H,6-8H2,1-5H3/t9-,10+,11-/m0/s1. The van der Waals surface area contributed by atoms with Crippen LogP contribution >= 0.6 is 0 Å². The molecule has 2 rings (SSSR count). The summed E-state index contributed by atoms with van der Waals surface area (Å²) >= 11 is 0. The highest BCUT2D eigenvalue weighted by Crippen LogP contribution is 2.35. The van der Waals surface area contributed by atoms with E-state index in [1.807, 2.05) is 0 Å². The molecule has 1 saturated carbocycles. The van der Waals surface area contributed by atoms with Gasteiger partial charge in [-0.3, -0.25) is 4.79 Å². The van der Waals surface area contributed by atoms with Crippen molar-refractivity contribution in [1.82, 2.24) is 13.9 Å². The van der Waals surface area contributed by atoms with Crippen LogP contribution in [0.25, 0.3) is 0 Å². The molecule has 2 amide bonds. The summed E-state index contributed by atoms with van der Waals surface area (Å²) < 4.78 is 33.1. The van der Waals surface area contributed by atoms with E-state index in [2.05, 4.69) is 4.72 Å². The van der Waals surface area contributed by atoms with Gasteiger partial charge >= 0.3 is 16.3 Å². The minimum Gasteiger partial charge on any atom is -0.443 e. The van der Waals surface area contributed by atoms with Crippen LogP contribution in [-0.2, 0) is 19.7 Å². The van der Waals surface area contributed by atoms with Crippen LogP contribution in [0.4, 0.5) is 4.79 Å². The van der Waals surface area contributed by atoms with Crippen molar-refractivity contribution < 1.29 is 22.7 Å². The van der Waals surface area contributed by atoms with Crippen molar-refractivity contribution in [2.24, 2.45) is 5.92 Å². The van der Waals surface area contributed by atoms with E-state index < -0.39 is 34.0 Å². The quantitative estimate of drug-likeness (QED) is 0.753. The third-order valence-electron chi connectivity index (χ3n) is 4.04. The molecule has 2 aliphatic rings. The summed E-state index contributed by atoms with van der Waals surface area (Å²) in [7, 11) is -0.565. The summed E-state index contributed by atoms with van der Waals surface area (Å²) in [4.78, 5) is 25.9. The van der Waals surface area contributed by atoms with Gasteiger partial charge in [0, 0.05) is 26.1 Å². The van der Waals surface area contributed by atoms with Crippen LogP contribution in [0.5, 0.6) is 0 Å². The zero-order valence-electron chi connectivity index (χ0n) is 14.2. The van der Waals surface area contributed by atoms with Gasteiger partial charge in [-0.1, -0.05) is 0 Å². The number of fused-ring (bicyclic) bond motifs is 1. The Labute approximate surface area is 137 Å². The van der Waals surface area contributed by atoms with E-state index in [0.29, 0.717) is 19.3 Å². The molecule has 0 aromatic carbocycles. The third-order valence-corrected chi connectivity index (χ3v) is 5.58. The van der Waals surface area contributed by atoms with Gasteiger partial charge in [-0.05, 0) is 40.0 Å². The summed E-state index contributed by atoms with van der Waals surface area (Å²) in [5.74, 6) is -0.245. The Morgan fingerprint density at radius 2 is 1.83 bits per heavy atom. The van der Waals surface area contributed by atoms with Gasteiger partial charge in [-0.25, -0.2) is 4.79 Å². The van der Waals surface area contributed by atoms with Gasteiger partial charge in [0.15, 0.2) is 0 Å². The van der Waals surface area contributed by atoms with Crippen molar-refractivity contribution in [2.45, 2.75) is 57.7 Å². The van der Waals surface area contributed by atoms with Gasteiger partial charge in [0.25, 0.3) is 0 Å². The molecule has 1 heterocycles. The Morgan fingerprint density at radius 1 is 1.22 bits per heavy atom. The molecule has 2 fully saturated rings. The molecule has 132 valence electrons. The van der Waals surface area contributed by atoms with Crippen molar-refractivity contribution in [3.63, 3.8) is 0 Å². The average Bonchev–Trinajstić information content (AvgIpc) is 2.64. The van der Waals surface area contributed by atoms with Gasteiger partial charge < -0.3 is 9.64 Å². The highest BCUT2D eigenvalue weighted by molar-refractivity contribution is 7.88. The molecule has 1 saturated heterocycles. The molecule has 0 bridgehead atoms. The van der Waals surface area contributed by atoms with Crippen molar-refractivity contribution in [2.75, 3.05) is 14.1 Å². The highest BCUT2D eigenvalue weighted by Gasteiger charge is 2.51. The molecule has 1 aliphatic carbocycles. The molecule has 0 aromatic rings. The second-order valence-electron chi connectivity index (χ2n) is 7.32. The monoisotopic (exact) mass is 347 g/mol. The van der Waals surface area contributed by atoms with E-state index in [1.54, 1.807) is 34.9 Å². The Balaban J connectivity index is 2.17. The minimum absolute atomic E-state index is 0.0154. The number of ether oxygens (including phenoxy) is 1. The molecule has 9 heteroatoms. The molecule has 1 aliphatic heterocycles. The Hall–Kier alpha value is -1.35. The smallest absolute Gasteiger partial charge is 0.425 e. The van der Waals surface area contributed by atoms with Gasteiger partial charge in [-0.2, -0.15) is 17.4 Å². The van der Waals surface area contributed by atoms with Crippen molar-refractivity contribution in [3.05, 3.63) is 0 Å². The zero-order valence-corrected chi connectivity index (χ0v) is 15.0. The van der Waals surface area contributed by atoms with E-state index in [-0.39, 0.29) is 11.8 Å². The molecule has 3 atom stereocenters. The minimum atomic E-state index is -3.93. The second kappa shape index (κ2) is 5.94. The maximum atomic E-state index is 12.3. The maximum Gasteiger partial charge on any atom is 0.425 e. The molecule has 0 unspecified atom stereocenters. The van der Waals surface area contributed by atoms with Gasteiger partial charge in [0.1, 0.15) is 5.60 Å². The molecular formula is C14H25N3O5S. The van der Waals surface area contributed by atoms with Crippen LogP contribution in [0.15, 0.2) is 0 Å². The molecule has 0 spiro atoms. The number of hydrogen-bond donors (Lipinski definition) is 1. The number of nitrogens with one attached hydrogen (secondary N) is 1. The number of carbonyl (C=O) groups is 2. The number of amides is 2. The first-order valence-corrected chi connectivity index (χ1v) is 9.12. The molecular weight excluding hydrogens is 322 g/mol. The van der Waals surface area contributed by atoms with Crippen LogP contribution < -0.4 is 4.72 Å². The van der Waals surface area contributed by atoms with Crippen LogP contribution in [0.1, 0.15) is 40.0 Å². The van der Waals surface area contributed by atoms with Crippen LogP contribution in [0, 0.1) is 5.92 Å². The van der Waals surface area contributed by atoms with E-state index in [1.165, 1.54) is 4.90 Å². The van der Waals surface area contributed by atoms with Crippen LogP contribution in [-0.4, -0.2) is 61.4 Å². The summed E-state index contributed by atoms with van der Waals surface area (Å²) in [5.41, 5.74) is -0.775. The van der Waals surface area contributed by atoms with Gasteiger partial charge in [0.05, 0.1) is 6.04 Å². The Morgan fingerprint density at radius 3 is 2.35 bits per heavy atom. The Bertz CT molecular complexity index is 596. The lowest BCUT2D eigenvalue weighted by molar-refractivity contribution is -0.134. The number of rotatable bonds is 1. The topological polar surface area (TPSA) is 96.0 Å². The van der Waals surface area contributed by atoms with Gasteiger partial charge in [-0.15, -0.1) is 0 Å². The second-order valence-corrected chi connectivity index (χ2v) is 8.89. The van der Waals surface area contributed by atoms with E-state index in [4.69, 9.17) is 4.74 Å². The fourth-order valence-corrected chi connectivity index (χ4v) is 4.71. The normalized spacial score (nSPS) is 29.8. The van der Waals surface area contributed by atoms with Crippen molar-refractivity contribution >= 4 is 22.2 Å². The van der Waals surface area contributed by atoms with E-state index >= 15 is 0 Å². The molecule has 23 heavy (non-hydrogen) atoms. The zero-order chi connectivity index (χ0) is 17.6. The van der Waals surface area contributed by atoms with Crippen molar-refractivity contribution in [3.8, 4) is 0 Å². The summed E-state index contributed by atoms with van der Waals surface area (Å²) in [5, 5.41) is 0. The van der Waals surface area contributed by atoms with E-state index in [0.717, 1.165) is 4.31 Å². The fraction of sp³-hybridized carbons (Fsp3) is 0.857. The number of hydrogen-bond acceptors (Lipinski definition) is 5. The average molecular weight is 347 g/mol. The lowest BCUT2D eigenvalue weighted by Gasteiger charge is -2.33. The fourth-order valence-electron chi connectivity index (χ4n) is 3.12. The summed E-state index contributed by atoms with van der Waals surface area (Å²) in [6.07, 6.45) is 0.518. The SMILES string of the molecule is CN(C)C(=O)[C@H]1CC[C@H]2[C@@H](C1)NS(=O)(=O)N2C(=O)OC(C)(C)C. The predicted octanol–water partition coefficient (Wildman–Crippen LogP) is 0.697. The third kappa shape index (κ3) is 3.77. The first-order chi connectivity index (χ1) is 10.4. The first-order valence-electron chi connectivity index (χ1n) is 7.68. The molecule has 0 radical (unpaired) electrons. The largest absolute Gasteiger partial charge is 0.443 e. The summed E-state index contributed by atoms with van der Waals surface area (Å²) in [6, 6.07) is -0.948. The molecule has 8 nitrogen and oxygen atoms in total. The Kier molecular flexibility index (Phi) is 4.64. The van der Waals surface area contributed by atoms with Crippen LogP contribution in [0.2, 0.25) is 0 Å². The predicted molar refractivity (Wildman–Crippen MR) is 83.7 cm³/mol. The maximum absolute atomic E-state index is 12.3. The van der Waals surface area contributed by atoms with Crippen molar-refractivity contribution in [1.29, 1.82) is 0 Å². The molecule has 1 N–H and O–H groups in total. The highest BCUT2D eigenvalue weighted by atomic mass is 32.2. The lowest BCUT2D eigenvalue weighted by atomic mass is 9.82. The van der Waals surface area contributed by atoms with Gasteiger partial charge in [0.2, 0.25) is 5.91 Å². The van der Waals surface area contributed by atoms with Crippen LogP contribution in [0.3, 0.4) is 0 Å². The lowest BCUT2D eigenvalue weighted by Crippen LogP contribution is -2.47. The first kappa shape index (κ1) is 18.0. The summed E-state index contributed by atoms with van der Waals surface area (Å²) in [6.45, 7) is 5.06. The molecule has 0 aromatic heterocycles. The number of carbonyl (C=O) groups excluding carboxylic acids is 2. The van der Waals surface area contributed by atoms with E-state index in [9.17, 15) is 18.0 Å².